The molecule has 21 heavy (non-hydrogen) atoms. The Morgan fingerprint density at radius 2 is 1.90 bits per heavy atom. The SMILES string of the molecule is CC(C)(C)NCc1ccc(CN2CC3CCCC3C2)nc1. The predicted octanol–water partition coefficient (Wildman–Crippen LogP) is 3.20. The van der Waals surface area contributed by atoms with Crippen LogP contribution in [-0.2, 0) is 13.1 Å². The van der Waals surface area contributed by atoms with E-state index in [1.807, 2.05) is 6.20 Å². The van der Waals surface area contributed by atoms with Crippen molar-refractivity contribution in [2.24, 2.45) is 11.8 Å². The van der Waals surface area contributed by atoms with Crippen LogP contribution in [0.3, 0.4) is 0 Å². The molecule has 0 aromatic carbocycles. The molecule has 1 aliphatic heterocycles. The number of aromatic nitrogens is 1. The molecule has 116 valence electrons. The Bertz CT molecular complexity index is 448. The topological polar surface area (TPSA) is 28.2 Å². The van der Waals surface area contributed by atoms with Crippen LogP contribution in [0.5, 0.6) is 0 Å². The second-order valence-electron chi connectivity index (χ2n) is 7.91. The summed E-state index contributed by atoms with van der Waals surface area (Å²) in [5.74, 6) is 1.94. The Hall–Kier alpha value is -0.930. The molecule has 2 fully saturated rings. The molecule has 3 heteroatoms. The molecule has 0 radical (unpaired) electrons. The van der Waals surface area contributed by atoms with Crippen LogP contribution < -0.4 is 5.32 Å². The van der Waals surface area contributed by atoms with E-state index in [2.05, 4.69) is 48.1 Å². The minimum Gasteiger partial charge on any atom is -0.308 e. The molecule has 2 heterocycles. The van der Waals surface area contributed by atoms with Crippen LogP contribution in [0.15, 0.2) is 18.3 Å². The van der Waals surface area contributed by atoms with Gasteiger partial charge in [0.2, 0.25) is 0 Å². The van der Waals surface area contributed by atoms with Crippen LogP contribution in [0, 0.1) is 11.8 Å². The molecule has 1 saturated carbocycles. The van der Waals surface area contributed by atoms with Crippen LogP contribution >= 0.6 is 0 Å². The summed E-state index contributed by atoms with van der Waals surface area (Å²) < 4.78 is 0. The molecule has 3 rings (SSSR count). The lowest BCUT2D eigenvalue weighted by Gasteiger charge is -2.20. The van der Waals surface area contributed by atoms with E-state index in [9.17, 15) is 0 Å². The Kier molecular flexibility index (Phi) is 4.32. The van der Waals surface area contributed by atoms with Gasteiger partial charge in [0.1, 0.15) is 0 Å². The second kappa shape index (κ2) is 6.05. The van der Waals surface area contributed by atoms with Gasteiger partial charge >= 0.3 is 0 Å². The zero-order valence-corrected chi connectivity index (χ0v) is 13.7. The van der Waals surface area contributed by atoms with Gasteiger partial charge in [0.15, 0.2) is 0 Å². The van der Waals surface area contributed by atoms with E-state index in [4.69, 9.17) is 0 Å². The molecule has 3 nitrogen and oxygen atoms in total. The maximum absolute atomic E-state index is 4.66. The number of pyridine rings is 1. The highest BCUT2D eigenvalue weighted by Crippen LogP contribution is 2.37. The fourth-order valence-corrected chi connectivity index (χ4v) is 3.71. The van der Waals surface area contributed by atoms with E-state index in [-0.39, 0.29) is 5.54 Å². The van der Waals surface area contributed by atoms with Crippen LogP contribution in [0.25, 0.3) is 0 Å². The third kappa shape index (κ3) is 4.04. The summed E-state index contributed by atoms with van der Waals surface area (Å²) in [5.41, 5.74) is 2.65. The molecule has 2 aliphatic rings. The first-order valence-corrected chi connectivity index (χ1v) is 8.41. The quantitative estimate of drug-likeness (QED) is 0.922. The highest BCUT2D eigenvalue weighted by Gasteiger charge is 2.35. The Morgan fingerprint density at radius 1 is 1.19 bits per heavy atom. The zero-order valence-electron chi connectivity index (χ0n) is 13.7. The van der Waals surface area contributed by atoms with Crippen molar-refractivity contribution in [1.29, 1.82) is 0 Å². The first-order valence-electron chi connectivity index (χ1n) is 8.41. The number of hydrogen-bond donors (Lipinski definition) is 1. The van der Waals surface area contributed by atoms with Crippen LogP contribution in [0.4, 0.5) is 0 Å². The normalized spacial score (nSPS) is 26.2. The number of nitrogens with zero attached hydrogens (tertiary/aromatic N) is 2. The van der Waals surface area contributed by atoms with Crippen molar-refractivity contribution in [2.75, 3.05) is 13.1 Å². The van der Waals surface area contributed by atoms with Gasteiger partial charge in [-0.25, -0.2) is 0 Å². The minimum absolute atomic E-state index is 0.159. The molecule has 1 aliphatic carbocycles. The van der Waals surface area contributed by atoms with Crippen LogP contribution in [0.2, 0.25) is 0 Å². The molecule has 1 aromatic heterocycles. The van der Waals surface area contributed by atoms with Gasteiger partial charge < -0.3 is 5.32 Å². The third-order valence-electron chi connectivity index (χ3n) is 4.90. The van der Waals surface area contributed by atoms with Crippen molar-refractivity contribution < 1.29 is 0 Å². The third-order valence-corrected chi connectivity index (χ3v) is 4.90. The summed E-state index contributed by atoms with van der Waals surface area (Å²) in [4.78, 5) is 7.26. The fourth-order valence-electron chi connectivity index (χ4n) is 3.71. The van der Waals surface area contributed by atoms with Crippen LogP contribution in [0.1, 0.15) is 51.3 Å². The molecule has 0 amide bonds. The van der Waals surface area contributed by atoms with Crippen molar-refractivity contribution in [2.45, 2.75) is 58.7 Å². The van der Waals surface area contributed by atoms with Gasteiger partial charge in [-0.2, -0.15) is 0 Å². The van der Waals surface area contributed by atoms with E-state index in [1.165, 1.54) is 43.6 Å². The molecule has 0 spiro atoms. The summed E-state index contributed by atoms with van der Waals surface area (Å²) in [6, 6.07) is 4.42. The molecular formula is C18H29N3. The second-order valence-corrected chi connectivity index (χ2v) is 7.91. The minimum atomic E-state index is 0.159. The van der Waals surface area contributed by atoms with E-state index >= 15 is 0 Å². The average molecular weight is 287 g/mol. The number of fused-ring (bicyclic) bond motifs is 1. The maximum Gasteiger partial charge on any atom is 0.0544 e. The average Bonchev–Trinajstić information content (AvgIpc) is 2.98. The van der Waals surface area contributed by atoms with Crippen molar-refractivity contribution in [3.8, 4) is 0 Å². The predicted molar refractivity (Wildman–Crippen MR) is 86.9 cm³/mol. The monoisotopic (exact) mass is 287 g/mol. The maximum atomic E-state index is 4.66. The first-order chi connectivity index (χ1) is 9.99. The lowest BCUT2D eigenvalue weighted by atomic mass is 10.0. The van der Waals surface area contributed by atoms with E-state index in [0.717, 1.165) is 24.9 Å². The van der Waals surface area contributed by atoms with Crippen molar-refractivity contribution >= 4 is 0 Å². The smallest absolute Gasteiger partial charge is 0.0544 e. The van der Waals surface area contributed by atoms with Crippen LogP contribution in [-0.4, -0.2) is 28.5 Å². The van der Waals surface area contributed by atoms with E-state index in [0.29, 0.717) is 0 Å². The summed E-state index contributed by atoms with van der Waals surface area (Å²) in [6.45, 7) is 11.1. The van der Waals surface area contributed by atoms with Crippen molar-refractivity contribution in [3.05, 3.63) is 29.6 Å². The number of hydrogen-bond acceptors (Lipinski definition) is 3. The Balaban J connectivity index is 1.50. The fraction of sp³-hybridized carbons (Fsp3) is 0.722. The van der Waals surface area contributed by atoms with Crippen molar-refractivity contribution in [3.63, 3.8) is 0 Å². The largest absolute Gasteiger partial charge is 0.308 e. The molecule has 0 bridgehead atoms. The van der Waals surface area contributed by atoms with Gasteiger partial charge in [-0.1, -0.05) is 12.5 Å². The summed E-state index contributed by atoms with van der Waals surface area (Å²) >= 11 is 0. The summed E-state index contributed by atoms with van der Waals surface area (Å²) in [5, 5.41) is 3.51. The summed E-state index contributed by atoms with van der Waals surface area (Å²) in [7, 11) is 0. The Labute approximate surface area is 129 Å². The van der Waals surface area contributed by atoms with Gasteiger partial charge in [-0.15, -0.1) is 0 Å². The number of likely N-dealkylation sites (tertiary alicyclic amines) is 1. The molecular weight excluding hydrogens is 258 g/mol. The molecule has 1 aromatic rings. The standard InChI is InChI=1S/C18H29N3/c1-18(2,3)20-10-14-7-8-17(19-9-14)13-21-11-15-5-4-6-16(15)12-21/h7-9,15-16,20H,4-6,10-13H2,1-3H3. The number of rotatable bonds is 4. The lowest BCUT2D eigenvalue weighted by Crippen LogP contribution is -2.35. The molecule has 2 unspecified atom stereocenters. The number of nitrogens with one attached hydrogen (secondary N) is 1. The van der Waals surface area contributed by atoms with E-state index < -0.39 is 0 Å². The van der Waals surface area contributed by atoms with Gasteiger partial charge in [0, 0.05) is 37.9 Å². The Morgan fingerprint density at radius 3 is 2.48 bits per heavy atom. The molecule has 2 atom stereocenters. The van der Waals surface area contributed by atoms with Gasteiger partial charge in [-0.05, 0) is 57.1 Å². The lowest BCUT2D eigenvalue weighted by molar-refractivity contribution is 0.300. The van der Waals surface area contributed by atoms with Gasteiger partial charge in [0.25, 0.3) is 0 Å². The van der Waals surface area contributed by atoms with E-state index in [1.54, 1.807) is 0 Å². The highest BCUT2D eigenvalue weighted by molar-refractivity contribution is 5.14. The first kappa shape index (κ1) is 15.0. The zero-order chi connectivity index (χ0) is 14.9. The molecule has 1 saturated heterocycles. The van der Waals surface area contributed by atoms with Gasteiger partial charge in [0.05, 0.1) is 5.69 Å². The van der Waals surface area contributed by atoms with Crippen molar-refractivity contribution in [1.82, 2.24) is 15.2 Å². The molecule has 1 N–H and O–H groups in total. The highest BCUT2D eigenvalue weighted by atomic mass is 15.2. The van der Waals surface area contributed by atoms with Gasteiger partial charge in [-0.3, -0.25) is 9.88 Å². The summed E-state index contributed by atoms with van der Waals surface area (Å²) in [6.07, 6.45) is 6.39.